The van der Waals surface area contributed by atoms with Crippen molar-refractivity contribution in [1.29, 1.82) is 0 Å². The molecule has 156 valence electrons. The monoisotopic (exact) mass is 464 g/mol. The van der Waals surface area contributed by atoms with Crippen molar-refractivity contribution in [2.75, 3.05) is 7.11 Å². The Labute approximate surface area is 188 Å². The first kappa shape index (κ1) is 21.0. The molecule has 5 nitrogen and oxygen atoms in total. The van der Waals surface area contributed by atoms with Crippen molar-refractivity contribution in [3.05, 3.63) is 62.7 Å². The second kappa shape index (κ2) is 8.50. The van der Waals surface area contributed by atoms with Gasteiger partial charge in [0.25, 0.3) is 11.7 Å². The van der Waals surface area contributed by atoms with E-state index in [1.807, 2.05) is 6.07 Å². The summed E-state index contributed by atoms with van der Waals surface area (Å²) in [4.78, 5) is 25.6. The molecule has 0 bridgehead atoms. The number of rotatable bonds is 6. The number of ketones is 1. The maximum Gasteiger partial charge on any atom is 0.292 e. The molecular formula is C22H19Cl3N2O3. The largest absolute Gasteiger partial charge is 0.497 e. The Kier molecular flexibility index (Phi) is 5.96. The molecule has 1 aliphatic carbocycles. The van der Waals surface area contributed by atoms with Gasteiger partial charge in [-0.05, 0) is 55.2 Å². The minimum Gasteiger partial charge on any atom is -0.497 e. The lowest BCUT2D eigenvalue weighted by Gasteiger charge is -2.25. The Hall–Kier alpha value is -2.21. The highest BCUT2D eigenvalue weighted by Gasteiger charge is 2.29. The predicted octanol–water partition coefficient (Wildman–Crippen LogP) is 5.51. The van der Waals surface area contributed by atoms with Gasteiger partial charge in [0.2, 0.25) is 0 Å². The maximum atomic E-state index is 13.0. The highest BCUT2D eigenvalue weighted by molar-refractivity contribution is 6.49. The number of fused-ring (bicyclic) bond motifs is 1. The van der Waals surface area contributed by atoms with Crippen molar-refractivity contribution in [2.24, 2.45) is 0 Å². The lowest BCUT2D eigenvalue weighted by Crippen LogP contribution is -2.43. The van der Waals surface area contributed by atoms with Gasteiger partial charge in [-0.1, -0.05) is 40.9 Å². The van der Waals surface area contributed by atoms with Crippen LogP contribution in [0.3, 0.4) is 0 Å². The number of aromatic nitrogens is 1. The normalized spacial score (nSPS) is 13.9. The molecule has 0 spiro atoms. The summed E-state index contributed by atoms with van der Waals surface area (Å²) in [6.07, 6.45) is 2.83. The summed E-state index contributed by atoms with van der Waals surface area (Å²) in [6, 6.07) is 10.6. The van der Waals surface area contributed by atoms with E-state index in [-0.39, 0.29) is 16.8 Å². The Morgan fingerprint density at radius 3 is 2.53 bits per heavy atom. The fourth-order valence-corrected chi connectivity index (χ4v) is 4.34. The molecule has 1 N–H and O–H groups in total. The van der Waals surface area contributed by atoms with Gasteiger partial charge in [-0.15, -0.1) is 0 Å². The zero-order valence-corrected chi connectivity index (χ0v) is 18.4. The molecule has 0 saturated heterocycles. The molecule has 1 amide bonds. The minimum atomic E-state index is -0.661. The molecule has 0 radical (unpaired) electrons. The topological polar surface area (TPSA) is 60.3 Å². The van der Waals surface area contributed by atoms with Gasteiger partial charge in [0.05, 0.1) is 24.7 Å². The highest BCUT2D eigenvalue weighted by atomic mass is 35.5. The number of amides is 1. The average molecular weight is 466 g/mol. The van der Waals surface area contributed by atoms with Gasteiger partial charge >= 0.3 is 0 Å². The highest BCUT2D eigenvalue weighted by Crippen LogP contribution is 2.35. The van der Waals surface area contributed by atoms with Crippen LogP contribution in [0.2, 0.25) is 15.2 Å². The molecule has 30 heavy (non-hydrogen) atoms. The van der Waals surface area contributed by atoms with Crippen LogP contribution in [-0.4, -0.2) is 29.4 Å². The molecule has 1 aliphatic rings. The average Bonchev–Trinajstić information content (AvgIpc) is 2.96. The maximum absolute atomic E-state index is 13.0. The van der Waals surface area contributed by atoms with E-state index in [1.54, 1.807) is 34.9 Å². The number of halogens is 3. The van der Waals surface area contributed by atoms with Crippen LogP contribution in [0.4, 0.5) is 0 Å². The van der Waals surface area contributed by atoms with Crippen LogP contribution in [0.25, 0.3) is 10.9 Å². The van der Waals surface area contributed by atoms with E-state index in [4.69, 9.17) is 39.5 Å². The first-order chi connectivity index (χ1) is 14.4. The van der Waals surface area contributed by atoms with E-state index >= 15 is 0 Å². The lowest BCUT2D eigenvalue weighted by molar-refractivity contribution is -0.118. The first-order valence-electron chi connectivity index (χ1n) is 9.54. The zero-order valence-electron chi connectivity index (χ0n) is 16.2. The number of ether oxygens (including phenoxy) is 1. The van der Waals surface area contributed by atoms with Crippen LogP contribution in [0.5, 0.6) is 5.75 Å². The fraction of sp³-hybridized carbons (Fsp3) is 0.273. The third kappa shape index (κ3) is 3.89. The van der Waals surface area contributed by atoms with Crippen molar-refractivity contribution in [3.8, 4) is 5.75 Å². The summed E-state index contributed by atoms with van der Waals surface area (Å²) >= 11 is 19.0. The quantitative estimate of drug-likeness (QED) is 0.386. The SMILES string of the molecule is COc1ccc2c(c1)c(C(=O)C(=O)NC1CCC1)c(Cl)n2Cc1ccc(Cl)cc1Cl. The summed E-state index contributed by atoms with van der Waals surface area (Å²) in [6.45, 7) is 0.315. The molecule has 4 rings (SSSR count). The van der Waals surface area contributed by atoms with E-state index in [0.29, 0.717) is 33.2 Å². The molecule has 0 unspecified atom stereocenters. The molecule has 0 aliphatic heterocycles. The first-order valence-corrected chi connectivity index (χ1v) is 10.7. The van der Waals surface area contributed by atoms with Crippen LogP contribution >= 0.6 is 34.8 Å². The number of Topliss-reactive ketones (excluding diaryl/α,β-unsaturated/α-hetero) is 1. The van der Waals surface area contributed by atoms with Crippen molar-refractivity contribution < 1.29 is 14.3 Å². The lowest BCUT2D eigenvalue weighted by atomic mass is 9.93. The van der Waals surface area contributed by atoms with Gasteiger partial charge in [-0.2, -0.15) is 0 Å². The standard InChI is InChI=1S/C22H19Cl3N2O3/c1-30-15-7-8-18-16(10-15)19(20(28)22(29)26-14-3-2-4-14)21(25)27(18)11-12-5-6-13(23)9-17(12)24/h5-10,14H,2-4,11H2,1H3,(H,26,29). The van der Waals surface area contributed by atoms with E-state index < -0.39 is 11.7 Å². The summed E-state index contributed by atoms with van der Waals surface area (Å²) in [5.74, 6) is -0.742. The van der Waals surface area contributed by atoms with Gasteiger partial charge in [0, 0.05) is 21.5 Å². The number of carbonyl (C=O) groups excluding carboxylic acids is 2. The van der Waals surface area contributed by atoms with Crippen molar-refractivity contribution in [1.82, 2.24) is 9.88 Å². The molecule has 1 fully saturated rings. The Morgan fingerprint density at radius 2 is 1.90 bits per heavy atom. The van der Waals surface area contributed by atoms with Crippen LogP contribution in [-0.2, 0) is 11.3 Å². The molecule has 1 aromatic heterocycles. The predicted molar refractivity (Wildman–Crippen MR) is 119 cm³/mol. The van der Waals surface area contributed by atoms with Crippen molar-refractivity contribution in [3.63, 3.8) is 0 Å². The second-order valence-corrected chi connectivity index (χ2v) is 8.50. The fourth-order valence-electron chi connectivity index (χ4n) is 3.54. The van der Waals surface area contributed by atoms with Gasteiger partial charge in [0.1, 0.15) is 10.9 Å². The van der Waals surface area contributed by atoms with E-state index in [1.165, 1.54) is 7.11 Å². The smallest absolute Gasteiger partial charge is 0.292 e. The summed E-state index contributed by atoms with van der Waals surface area (Å²) in [5.41, 5.74) is 1.65. The minimum absolute atomic E-state index is 0.0518. The van der Waals surface area contributed by atoms with Crippen molar-refractivity contribution >= 4 is 57.4 Å². The Bertz CT molecular complexity index is 1150. The van der Waals surface area contributed by atoms with E-state index in [2.05, 4.69) is 5.32 Å². The van der Waals surface area contributed by atoms with Crippen LogP contribution in [0.1, 0.15) is 35.2 Å². The molecule has 8 heteroatoms. The summed E-state index contributed by atoms with van der Waals surface area (Å²) < 4.78 is 7.07. The van der Waals surface area contributed by atoms with Crippen molar-refractivity contribution in [2.45, 2.75) is 31.8 Å². The van der Waals surface area contributed by atoms with Gasteiger partial charge in [-0.25, -0.2) is 0 Å². The molecule has 1 heterocycles. The summed E-state index contributed by atoms with van der Waals surface area (Å²) in [7, 11) is 1.54. The molecule has 1 saturated carbocycles. The van der Waals surface area contributed by atoms with Gasteiger partial charge in [-0.3, -0.25) is 9.59 Å². The molecule has 0 atom stereocenters. The van der Waals surface area contributed by atoms with Crippen LogP contribution in [0, 0.1) is 0 Å². The van der Waals surface area contributed by atoms with Crippen LogP contribution < -0.4 is 10.1 Å². The molecular weight excluding hydrogens is 447 g/mol. The Balaban J connectivity index is 1.79. The number of hydrogen-bond acceptors (Lipinski definition) is 3. The van der Waals surface area contributed by atoms with Gasteiger partial charge < -0.3 is 14.6 Å². The summed E-state index contributed by atoms with van der Waals surface area (Å²) in [5, 5.41) is 4.54. The number of nitrogens with one attached hydrogen (secondary N) is 1. The number of benzene rings is 2. The number of hydrogen-bond donors (Lipinski definition) is 1. The second-order valence-electron chi connectivity index (χ2n) is 7.30. The third-order valence-electron chi connectivity index (χ3n) is 5.42. The van der Waals surface area contributed by atoms with Gasteiger partial charge in [0.15, 0.2) is 0 Å². The molecule has 2 aromatic carbocycles. The number of carbonyl (C=O) groups is 2. The van der Waals surface area contributed by atoms with E-state index in [0.717, 1.165) is 24.8 Å². The van der Waals surface area contributed by atoms with Crippen LogP contribution in [0.15, 0.2) is 36.4 Å². The third-order valence-corrected chi connectivity index (χ3v) is 6.40. The van der Waals surface area contributed by atoms with E-state index in [9.17, 15) is 9.59 Å². The zero-order chi connectivity index (χ0) is 21.4. The number of nitrogens with zero attached hydrogens (tertiary/aromatic N) is 1. The molecule has 3 aromatic rings. The Morgan fingerprint density at radius 1 is 1.13 bits per heavy atom. The number of methoxy groups -OCH3 is 1.